The smallest absolute Gasteiger partial charge is 0.198 e. The van der Waals surface area contributed by atoms with Crippen molar-refractivity contribution in [2.75, 3.05) is 12.3 Å². The maximum absolute atomic E-state index is 13.7. The van der Waals surface area contributed by atoms with E-state index in [0.717, 1.165) is 5.69 Å². The maximum Gasteiger partial charge on any atom is 0.198 e. The van der Waals surface area contributed by atoms with Gasteiger partial charge in [0.05, 0.1) is 12.3 Å². The normalized spacial score (nSPS) is 10.5. The quantitative estimate of drug-likeness (QED) is 0.859. The van der Waals surface area contributed by atoms with Crippen LogP contribution in [-0.2, 0) is 0 Å². The number of hydrogen-bond acceptors (Lipinski definition) is 3. The van der Waals surface area contributed by atoms with E-state index in [4.69, 9.17) is 10.5 Å². The predicted molar refractivity (Wildman–Crippen MR) is 64.3 cm³/mol. The summed E-state index contributed by atoms with van der Waals surface area (Å²) >= 11 is 0. The second-order valence-corrected chi connectivity index (χ2v) is 3.67. The minimum Gasteiger partial charge on any atom is -0.491 e. The molecule has 0 radical (unpaired) electrons. The lowest BCUT2D eigenvalue weighted by Gasteiger charge is -2.05. The zero-order chi connectivity index (χ0) is 12.4. The van der Waals surface area contributed by atoms with E-state index < -0.39 is 5.82 Å². The number of anilines is 1. The Balaban J connectivity index is 2.41. The van der Waals surface area contributed by atoms with Crippen molar-refractivity contribution in [1.29, 1.82) is 0 Å². The molecule has 90 valence electrons. The van der Waals surface area contributed by atoms with E-state index in [1.807, 2.05) is 13.8 Å². The molecule has 1 aromatic carbocycles. The van der Waals surface area contributed by atoms with Crippen LogP contribution in [0.3, 0.4) is 0 Å². The second-order valence-electron chi connectivity index (χ2n) is 3.67. The van der Waals surface area contributed by atoms with Crippen molar-refractivity contribution in [3.63, 3.8) is 0 Å². The lowest BCUT2D eigenvalue weighted by molar-refractivity contribution is 0.321. The number of H-pyrrole nitrogens is 1. The Morgan fingerprint density at radius 2 is 2.24 bits per heavy atom. The molecule has 5 heteroatoms. The van der Waals surface area contributed by atoms with Crippen LogP contribution in [0.25, 0.3) is 11.3 Å². The summed E-state index contributed by atoms with van der Waals surface area (Å²) in [5.74, 6) is 0.175. The van der Waals surface area contributed by atoms with Gasteiger partial charge in [0.1, 0.15) is 0 Å². The first kappa shape index (κ1) is 11.4. The first-order chi connectivity index (χ1) is 8.11. The molecule has 0 bridgehead atoms. The van der Waals surface area contributed by atoms with Gasteiger partial charge in [0.2, 0.25) is 0 Å². The number of benzene rings is 1. The summed E-state index contributed by atoms with van der Waals surface area (Å²) in [6.45, 7) is 4.09. The van der Waals surface area contributed by atoms with E-state index in [2.05, 4.69) is 9.97 Å². The van der Waals surface area contributed by atoms with Crippen molar-refractivity contribution in [2.45, 2.75) is 13.8 Å². The molecule has 2 rings (SSSR count). The van der Waals surface area contributed by atoms with Crippen LogP contribution in [0.1, 0.15) is 12.6 Å². The molecule has 1 aromatic heterocycles. The van der Waals surface area contributed by atoms with Gasteiger partial charge in [0.15, 0.2) is 17.5 Å². The number of hydrogen-bond donors (Lipinski definition) is 2. The molecule has 0 amide bonds. The third-order valence-corrected chi connectivity index (χ3v) is 2.41. The molecule has 4 nitrogen and oxygen atoms in total. The van der Waals surface area contributed by atoms with Gasteiger partial charge in [-0.1, -0.05) is 0 Å². The van der Waals surface area contributed by atoms with E-state index >= 15 is 0 Å². The highest BCUT2D eigenvalue weighted by atomic mass is 19.1. The lowest BCUT2D eigenvalue weighted by Crippen LogP contribution is -1.95. The Labute approximate surface area is 98.6 Å². The number of aromatic amines is 1. The number of aryl methyl sites for hydroxylation is 1. The molecule has 0 saturated carbocycles. The van der Waals surface area contributed by atoms with Crippen LogP contribution in [0.4, 0.5) is 10.3 Å². The average Bonchev–Trinajstić information content (AvgIpc) is 2.61. The number of nitrogens with zero attached hydrogens (tertiary/aromatic N) is 1. The van der Waals surface area contributed by atoms with Crippen molar-refractivity contribution in [3.05, 3.63) is 29.7 Å². The van der Waals surface area contributed by atoms with Gasteiger partial charge in [-0.25, -0.2) is 9.37 Å². The molecule has 1 heterocycles. The molecule has 0 saturated heterocycles. The van der Waals surface area contributed by atoms with Gasteiger partial charge in [-0.05, 0) is 32.0 Å². The molecule has 0 unspecified atom stereocenters. The summed E-state index contributed by atoms with van der Waals surface area (Å²) in [7, 11) is 0. The molecule has 3 N–H and O–H groups in total. The minimum atomic E-state index is -0.398. The molecule has 0 aliphatic rings. The van der Waals surface area contributed by atoms with Crippen molar-refractivity contribution in [2.24, 2.45) is 0 Å². The fourth-order valence-corrected chi connectivity index (χ4v) is 1.69. The molecule has 0 aliphatic carbocycles. The molecule has 0 atom stereocenters. The molecular weight excluding hydrogens is 221 g/mol. The number of halogens is 1. The van der Waals surface area contributed by atoms with Crippen molar-refractivity contribution in [1.82, 2.24) is 9.97 Å². The molecule has 17 heavy (non-hydrogen) atoms. The number of nitrogens with one attached hydrogen (secondary N) is 1. The summed E-state index contributed by atoms with van der Waals surface area (Å²) in [6.07, 6.45) is 0. The van der Waals surface area contributed by atoms with Crippen LogP contribution in [0.5, 0.6) is 5.75 Å². The summed E-state index contributed by atoms with van der Waals surface area (Å²) in [5.41, 5.74) is 7.69. The fraction of sp³-hybridized carbons (Fsp3) is 0.250. The van der Waals surface area contributed by atoms with Crippen molar-refractivity contribution >= 4 is 5.95 Å². The molecule has 2 aromatic rings. The number of ether oxygens (including phenoxy) is 1. The Morgan fingerprint density at radius 3 is 2.76 bits per heavy atom. The zero-order valence-corrected chi connectivity index (χ0v) is 9.75. The molecule has 0 aliphatic heterocycles. The Kier molecular flexibility index (Phi) is 2.99. The highest BCUT2D eigenvalue weighted by molar-refractivity contribution is 5.64. The van der Waals surface area contributed by atoms with Crippen LogP contribution in [0.2, 0.25) is 0 Å². The van der Waals surface area contributed by atoms with Gasteiger partial charge in [0.25, 0.3) is 0 Å². The Morgan fingerprint density at radius 1 is 1.47 bits per heavy atom. The monoisotopic (exact) mass is 235 g/mol. The zero-order valence-electron chi connectivity index (χ0n) is 9.75. The minimum absolute atomic E-state index is 0.248. The second kappa shape index (κ2) is 4.45. The number of aromatic nitrogens is 2. The highest BCUT2D eigenvalue weighted by Gasteiger charge is 2.10. The van der Waals surface area contributed by atoms with Crippen LogP contribution in [0.15, 0.2) is 18.2 Å². The van der Waals surface area contributed by atoms with Gasteiger partial charge in [-0.3, -0.25) is 0 Å². The van der Waals surface area contributed by atoms with E-state index in [0.29, 0.717) is 23.8 Å². The summed E-state index contributed by atoms with van der Waals surface area (Å²) in [4.78, 5) is 6.99. The first-order valence-corrected chi connectivity index (χ1v) is 5.36. The van der Waals surface area contributed by atoms with Crippen molar-refractivity contribution in [3.8, 4) is 17.0 Å². The van der Waals surface area contributed by atoms with E-state index in [1.165, 1.54) is 6.07 Å². The Hall–Kier alpha value is -2.04. The van der Waals surface area contributed by atoms with E-state index in [1.54, 1.807) is 12.1 Å². The summed E-state index contributed by atoms with van der Waals surface area (Å²) in [6, 6.07) is 4.75. The highest BCUT2D eigenvalue weighted by Crippen LogP contribution is 2.26. The predicted octanol–water partition coefficient (Wildman–Crippen LogP) is 2.51. The topological polar surface area (TPSA) is 63.9 Å². The summed E-state index contributed by atoms with van der Waals surface area (Å²) < 4.78 is 18.8. The van der Waals surface area contributed by atoms with Crippen LogP contribution < -0.4 is 10.5 Å². The molecular formula is C12H14FN3O. The lowest BCUT2D eigenvalue weighted by atomic mass is 10.1. The first-order valence-electron chi connectivity index (χ1n) is 5.36. The van der Waals surface area contributed by atoms with Crippen molar-refractivity contribution < 1.29 is 9.13 Å². The number of nitrogen functional groups attached to an aromatic ring is 1. The van der Waals surface area contributed by atoms with Gasteiger partial charge in [0, 0.05) is 11.3 Å². The third-order valence-electron chi connectivity index (χ3n) is 2.41. The Bertz CT molecular complexity index is 537. The largest absolute Gasteiger partial charge is 0.491 e. The number of rotatable bonds is 3. The van der Waals surface area contributed by atoms with Crippen LogP contribution in [-0.4, -0.2) is 16.6 Å². The van der Waals surface area contributed by atoms with E-state index in [-0.39, 0.29) is 5.75 Å². The fourth-order valence-electron chi connectivity index (χ4n) is 1.69. The third kappa shape index (κ3) is 2.22. The van der Waals surface area contributed by atoms with Gasteiger partial charge in [-0.2, -0.15) is 0 Å². The maximum atomic E-state index is 13.7. The number of imidazole rings is 1. The average molecular weight is 235 g/mol. The molecule has 0 spiro atoms. The SMILES string of the molecule is CCOc1ccc(-c2nc(N)[nH]c2C)cc1F. The van der Waals surface area contributed by atoms with Gasteiger partial charge >= 0.3 is 0 Å². The summed E-state index contributed by atoms with van der Waals surface area (Å²) in [5, 5.41) is 0. The van der Waals surface area contributed by atoms with Gasteiger partial charge in [-0.15, -0.1) is 0 Å². The van der Waals surface area contributed by atoms with E-state index in [9.17, 15) is 4.39 Å². The molecule has 0 fully saturated rings. The van der Waals surface area contributed by atoms with Crippen LogP contribution >= 0.6 is 0 Å². The standard InChI is InChI=1S/C12H14FN3O/c1-3-17-10-5-4-8(6-9(10)13)11-7(2)15-12(14)16-11/h4-6H,3H2,1-2H3,(H3,14,15,16). The van der Waals surface area contributed by atoms with Gasteiger partial charge < -0.3 is 15.5 Å². The van der Waals surface area contributed by atoms with Crippen LogP contribution in [0, 0.1) is 12.7 Å². The number of nitrogens with two attached hydrogens (primary N) is 1.